The average molecular weight is 340 g/mol. The molecule has 0 bridgehead atoms. The summed E-state index contributed by atoms with van der Waals surface area (Å²) >= 11 is 5.90. The number of hydrogen-bond donors (Lipinski definition) is 2. The number of benzene rings is 1. The van der Waals surface area contributed by atoms with Crippen molar-refractivity contribution in [2.24, 2.45) is 0 Å². The van der Waals surface area contributed by atoms with Gasteiger partial charge in [0.25, 0.3) is 10.0 Å². The van der Waals surface area contributed by atoms with Crippen LogP contribution in [-0.2, 0) is 16.4 Å². The van der Waals surface area contributed by atoms with Crippen molar-refractivity contribution in [3.8, 4) is 0 Å². The van der Waals surface area contributed by atoms with Crippen LogP contribution in [0.4, 0.5) is 5.82 Å². The van der Waals surface area contributed by atoms with Crippen LogP contribution < -0.4 is 4.72 Å². The van der Waals surface area contributed by atoms with Crippen molar-refractivity contribution in [2.45, 2.75) is 25.2 Å². The molecular formula is C14H14ClN3O3S. The molecule has 0 amide bonds. The third-order valence-corrected chi connectivity index (χ3v) is 5.08. The summed E-state index contributed by atoms with van der Waals surface area (Å²) in [5.74, 6) is 0.864. The van der Waals surface area contributed by atoms with Crippen LogP contribution in [0, 0.1) is 6.92 Å². The predicted molar refractivity (Wildman–Crippen MR) is 84.7 cm³/mol. The van der Waals surface area contributed by atoms with Crippen molar-refractivity contribution in [3.63, 3.8) is 0 Å². The Morgan fingerprint density at radius 1 is 1.41 bits per heavy atom. The second-order valence-corrected chi connectivity index (χ2v) is 6.97. The summed E-state index contributed by atoms with van der Waals surface area (Å²) in [7, 11) is -3.77. The maximum atomic E-state index is 12.6. The van der Waals surface area contributed by atoms with Crippen LogP contribution in [0.15, 0.2) is 33.8 Å². The lowest BCUT2D eigenvalue weighted by atomic mass is 10.2. The van der Waals surface area contributed by atoms with E-state index in [0.29, 0.717) is 33.7 Å². The van der Waals surface area contributed by atoms with E-state index in [2.05, 4.69) is 14.9 Å². The topological polar surface area (TPSA) is 88.0 Å². The summed E-state index contributed by atoms with van der Waals surface area (Å²) in [6, 6.07) is 4.98. The zero-order valence-corrected chi connectivity index (χ0v) is 13.5. The van der Waals surface area contributed by atoms with E-state index < -0.39 is 10.0 Å². The number of H-pyrrole nitrogens is 1. The minimum Gasteiger partial charge on any atom is -0.360 e. The monoisotopic (exact) mass is 339 g/mol. The van der Waals surface area contributed by atoms with Crippen molar-refractivity contribution in [2.75, 3.05) is 4.72 Å². The van der Waals surface area contributed by atoms with Gasteiger partial charge in [-0.1, -0.05) is 23.7 Å². The highest BCUT2D eigenvalue weighted by Gasteiger charge is 2.22. The minimum absolute atomic E-state index is 0.139. The molecule has 3 rings (SSSR count). The molecule has 6 nitrogen and oxygen atoms in total. The third kappa shape index (κ3) is 2.46. The molecule has 3 aromatic rings. The highest BCUT2D eigenvalue weighted by Crippen LogP contribution is 2.28. The Hall–Kier alpha value is -1.99. The van der Waals surface area contributed by atoms with Crippen molar-refractivity contribution < 1.29 is 12.9 Å². The fourth-order valence-corrected chi connectivity index (χ4v) is 3.68. The smallest absolute Gasteiger partial charge is 0.265 e. The summed E-state index contributed by atoms with van der Waals surface area (Å²) in [5, 5.41) is 4.88. The Balaban J connectivity index is 2.03. The van der Waals surface area contributed by atoms with Crippen LogP contribution >= 0.6 is 11.6 Å². The first-order chi connectivity index (χ1) is 10.4. The molecule has 0 atom stereocenters. The first kappa shape index (κ1) is 14.9. The van der Waals surface area contributed by atoms with E-state index in [-0.39, 0.29) is 10.7 Å². The Labute approximate surface area is 132 Å². The lowest BCUT2D eigenvalue weighted by Gasteiger charge is -2.04. The Kier molecular flexibility index (Phi) is 3.62. The van der Waals surface area contributed by atoms with Crippen molar-refractivity contribution in [1.82, 2.24) is 10.1 Å². The van der Waals surface area contributed by atoms with Gasteiger partial charge in [-0.25, -0.2) is 8.42 Å². The van der Waals surface area contributed by atoms with Crippen LogP contribution in [0.3, 0.4) is 0 Å². The van der Waals surface area contributed by atoms with E-state index in [1.54, 1.807) is 25.1 Å². The summed E-state index contributed by atoms with van der Waals surface area (Å²) in [4.78, 5) is 3.04. The highest BCUT2D eigenvalue weighted by atomic mass is 35.5. The molecule has 0 radical (unpaired) electrons. The summed E-state index contributed by atoms with van der Waals surface area (Å²) in [6.45, 7) is 3.68. The van der Waals surface area contributed by atoms with Crippen molar-refractivity contribution in [3.05, 3.63) is 40.7 Å². The Bertz CT molecular complexity index is 944. The number of anilines is 1. The normalized spacial score (nSPS) is 12.0. The Morgan fingerprint density at radius 3 is 2.86 bits per heavy atom. The second-order valence-electron chi connectivity index (χ2n) is 4.88. The Morgan fingerprint density at radius 2 is 2.18 bits per heavy atom. The zero-order chi connectivity index (χ0) is 15.9. The maximum Gasteiger partial charge on any atom is 0.265 e. The van der Waals surface area contributed by atoms with E-state index in [1.165, 1.54) is 6.20 Å². The maximum absolute atomic E-state index is 12.6. The largest absolute Gasteiger partial charge is 0.360 e. The molecule has 2 aromatic heterocycles. The number of aromatic nitrogens is 2. The second kappa shape index (κ2) is 5.33. The van der Waals surface area contributed by atoms with E-state index >= 15 is 0 Å². The number of nitrogens with zero attached hydrogens (tertiary/aromatic N) is 1. The lowest BCUT2D eigenvalue weighted by Crippen LogP contribution is -2.13. The van der Waals surface area contributed by atoms with Crippen LogP contribution in [0.25, 0.3) is 10.9 Å². The van der Waals surface area contributed by atoms with E-state index in [4.69, 9.17) is 16.1 Å². The number of fused-ring (bicyclic) bond motifs is 1. The van der Waals surface area contributed by atoms with Crippen LogP contribution in [0.1, 0.15) is 18.2 Å². The van der Waals surface area contributed by atoms with Crippen molar-refractivity contribution in [1.29, 1.82) is 0 Å². The molecule has 0 aliphatic rings. The van der Waals surface area contributed by atoms with Gasteiger partial charge in [0.2, 0.25) is 0 Å². The van der Waals surface area contributed by atoms with E-state index in [0.717, 1.165) is 0 Å². The fourth-order valence-electron chi connectivity index (χ4n) is 2.27. The first-order valence-electron chi connectivity index (χ1n) is 6.67. The van der Waals surface area contributed by atoms with Gasteiger partial charge in [-0.05, 0) is 25.1 Å². The lowest BCUT2D eigenvalue weighted by molar-refractivity contribution is 0.388. The predicted octanol–water partition coefficient (Wildman–Crippen LogP) is 3.48. The molecule has 0 fully saturated rings. The van der Waals surface area contributed by atoms with Crippen LogP contribution in [0.2, 0.25) is 5.02 Å². The molecule has 0 saturated heterocycles. The van der Waals surface area contributed by atoms with E-state index in [9.17, 15) is 8.42 Å². The molecule has 0 aliphatic carbocycles. The quantitative estimate of drug-likeness (QED) is 0.761. The highest BCUT2D eigenvalue weighted by molar-refractivity contribution is 7.93. The van der Waals surface area contributed by atoms with Gasteiger partial charge in [0, 0.05) is 34.1 Å². The molecule has 0 saturated carbocycles. The molecule has 0 aliphatic heterocycles. The van der Waals surface area contributed by atoms with Gasteiger partial charge < -0.3 is 9.51 Å². The summed E-state index contributed by atoms with van der Waals surface area (Å²) < 4.78 is 32.7. The van der Waals surface area contributed by atoms with Gasteiger partial charge >= 0.3 is 0 Å². The molecule has 22 heavy (non-hydrogen) atoms. The standard InChI is InChI=1S/C14H14ClN3O3S/c1-3-12-8(2)14(17-21-12)18-22(19,20)13-7-16-11-6-9(15)4-5-10(11)13/h4-7,16H,3H2,1-2H3,(H,17,18). The number of aryl methyl sites for hydroxylation is 1. The molecular weight excluding hydrogens is 326 g/mol. The first-order valence-corrected chi connectivity index (χ1v) is 8.53. The third-order valence-electron chi connectivity index (χ3n) is 3.47. The number of sulfonamides is 1. The van der Waals surface area contributed by atoms with Gasteiger partial charge in [0.1, 0.15) is 10.7 Å². The van der Waals surface area contributed by atoms with Crippen LogP contribution in [-0.4, -0.2) is 18.6 Å². The van der Waals surface area contributed by atoms with Crippen molar-refractivity contribution >= 4 is 38.3 Å². The molecule has 0 unspecified atom stereocenters. The van der Waals surface area contributed by atoms with E-state index in [1.807, 2.05) is 6.92 Å². The van der Waals surface area contributed by atoms with Gasteiger partial charge in [-0.2, -0.15) is 0 Å². The van der Waals surface area contributed by atoms with Gasteiger partial charge in [-0.15, -0.1) is 0 Å². The fraction of sp³-hybridized carbons (Fsp3) is 0.214. The summed E-state index contributed by atoms with van der Waals surface area (Å²) in [5.41, 5.74) is 1.34. The minimum atomic E-state index is -3.77. The molecule has 2 N–H and O–H groups in total. The molecule has 2 heterocycles. The van der Waals surface area contributed by atoms with Gasteiger partial charge in [-0.3, -0.25) is 4.72 Å². The number of nitrogens with one attached hydrogen (secondary N) is 2. The SMILES string of the molecule is CCc1onc(NS(=O)(=O)c2c[nH]c3cc(Cl)ccc23)c1C. The van der Waals surface area contributed by atoms with Crippen LogP contribution in [0.5, 0.6) is 0 Å². The molecule has 1 aromatic carbocycles. The number of aromatic amines is 1. The zero-order valence-electron chi connectivity index (χ0n) is 12.0. The number of halogens is 1. The molecule has 0 spiro atoms. The van der Waals surface area contributed by atoms with Gasteiger partial charge in [0.05, 0.1) is 0 Å². The number of hydrogen-bond acceptors (Lipinski definition) is 4. The number of rotatable bonds is 4. The molecule has 8 heteroatoms. The summed E-state index contributed by atoms with van der Waals surface area (Å²) in [6.07, 6.45) is 2.08. The van der Waals surface area contributed by atoms with Gasteiger partial charge in [0.15, 0.2) is 5.82 Å². The molecule has 116 valence electrons. The average Bonchev–Trinajstić information content (AvgIpc) is 3.03.